The van der Waals surface area contributed by atoms with Gasteiger partial charge in [0.15, 0.2) is 0 Å². The maximum Gasteiger partial charge on any atom is 0.263 e. The van der Waals surface area contributed by atoms with E-state index >= 15 is 0 Å². The molecule has 1 aromatic heterocycles. The van der Waals surface area contributed by atoms with Crippen molar-refractivity contribution in [2.75, 3.05) is 45.0 Å². The number of carbonyl (C=O) groups is 6. The number of piperidine rings is 3. The average Bonchev–Trinajstić information content (AvgIpc) is 3.56. The number of pyridine rings is 1. The van der Waals surface area contributed by atoms with E-state index in [1.54, 1.807) is 48.4 Å². The van der Waals surface area contributed by atoms with E-state index in [9.17, 15) is 28.8 Å². The van der Waals surface area contributed by atoms with E-state index in [4.69, 9.17) is 0 Å². The second kappa shape index (κ2) is 23.0. The van der Waals surface area contributed by atoms with Gasteiger partial charge in [0.2, 0.25) is 17.7 Å². The largest absolute Gasteiger partial charge is 0.353 e. The van der Waals surface area contributed by atoms with Crippen LogP contribution in [0.15, 0.2) is 78.0 Å². The molecule has 1 unspecified atom stereocenters. The first-order chi connectivity index (χ1) is 30.7. The Morgan fingerprint density at radius 3 is 2.30 bits per heavy atom. The standard InChI is InChI=1S/C50H62N6O6S/c57-44(21-15-37-12-10-27-51-35-37)52-28-6-5-11-36-23-32-55(33-24-36)48(60)40-18-16-38(17-19-40)39-25-30-54(31-26-39)29-7-3-1-2-4-8-34-63-43-14-9-13-41-46(43)50(62)56(49(41)61)42-20-22-45(58)53-47(42)59/h9-10,12-19,21,27,35-36,39,42H,1-8,11,20,22-26,28-34H2,(H,52,57)(H,53,58,59)/b21-15+. The van der Waals surface area contributed by atoms with Gasteiger partial charge in [-0.1, -0.05) is 62.8 Å². The van der Waals surface area contributed by atoms with Crippen molar-refractivity contribution in [2.24, 2.45) is 5.92 Å². The first-order valence-corrected chi connectivity index (χ1v) is 24.2. The third-order valence-corrected chi connectivity index (χ3v) is 14.3. The predicted molar refractivity (Wildman–Crippen MR) is 245 cm³/mol. The molecule has 2 N–H and O–H groups in total. The predicted octanol–water partition coefficient (Wildman–Crippen LogP) is 7.65. The summed E-state index contributed by atoms with van der Waals surface area (Å²) in [5, 5.41) is 5.22. The van der Waals surface area contributed by atoms with Crippen molar-refractivity contribution in [1.29, 1.82) is 0 Å². The minimum absolute atomic E-state index is 0.0815. The van der Waals surface area contributed by atoms with Gasteiger partial charge in [-0.3, -0.25) is 44.0 Å². The van der Waals surface area contributed by atoms with Gasteiger partial charge >= 0.3 is 0 Å². The zero-order valence-corrected chi connectivity index (χ0v) is 37.3. The summed E-state index contributed by atoms with van der Waals surface area (Å²) in [6.07, 6.45) is 21.5. The fraction of sp³-hybridized carbons (Fsp3) is 0.500. The van der Waals surface area contributed by atoms with Gasteiger partial charge in [0.25, 0.3) is 17.7 Å². The Morgan fingerprint density at radius 1 is 0.794 bits per heavy atom. The van der Waals surface area contributed by atoms with E-state index in [0.29, 0.717) is 29.5 Å². The van der Waals surface area contributed by atoms with Crippen LogP contribution in [0.5, 0.6) is 0 Å². The third-order valence-electron chi connectivity index (χ3n) is 13.1. The molecule has 3 saturated heterocycles. The SMILES string of the molecule is O=C(/C=C/c1cccnc1)NCCCCC1CCN(C(=O)c2ccc(C3CCN(CCCCCCCCSc4cccc5c4C(=O)N(C4CCC(=O)NC4=O)C5=O)CC3)cc2)CC1. The molecule has 4 aliphatic rings. The first-order valence-electron chi connectivity index (χ1n) is 23.2. The molecule has 6 amide bonds. The lowest BCUT2D eigenvalue weighted by Gasteiger charge is -2.33. The van der Waals surface area contributed by atoms with Gasteiger partial charge in [0.1, 0.15) is 6.04 Å². The highest BCUT2D eigenvalue weighted by atomic mass is 32.2. The smallest absolute Gasteiger partial charge is 0.263 e. The Morgan fingerprint density at radius 2 is 1.56 bits per heavy atom. The van der Waals surface area contributed by atoms with Gasteiger partial charge in [-0.15, -0.1) is 11.8 Å². The number of carbonyl (C=O) groups excluding carboxylic acids is 6. The van der Waals surface area contributed by atoms with Crippen LogP contribution in [0.3, 0.4) is 0 Å². The normalized spacial score (nSPS) is 18.9. The molecule has 0 aliphatic carbocycles. The molecule has 334 valence electrons. The number of rotatable bonds is 20. The van der Waals surface area contributed by atoms with E-state index in [1.807, 2.05) is 35.2 Å². The second-order valence-corrected chi connectivity index (χ2v) is 18.6. The van der Waals surface area contributed by atoms with Gasteiger partial charge in [-0.05, 0) is 136 Å². The molecule has 4 aliphatic heterocycles. The molecule has 5 heterocycles. The molecule has 0 radical (unpaired) electrons. The van der Waals surface area contributed by atoms with Crippen molar-refractivity contribution in [3.05, 3.63) is 101 Å². The number of likely N-dealkylation sites (tertiary alicyclic amines) is 2. The molecular weight excluding hydrogens is 813 g/mol. The third kappa shape index (κ3) is 12.5. The molecule has 1 atom stereocenters. The van der Waals surface area contributed by atoms with Crippen LogP contribution in [0.25, 0.3) is 6.08 Å². The van der Waals surface area contributed by atoms with Crippen molar-refractivity contribution in [3.8, 4) is 0 Å². The maximum absolute atomic E-state index is 13.4. The highest BCUT2D eigenvalue weighted by Gasteiger charge is 2.45. The molecule has 13 heteroatoms. The van der Waals surface area contributed by atoms with Gasteiger partial charge < -0.3 is 15.1 Å². The van der Waals surface area contributed by atoms with E-state index in [0.717, 1.165) is 117 Å². The second-order valence-electron chi connectivity index (χ2n) is 17.5. The number of nitrogens with one attached hydrogen (secondary N) is 2. The lowest BCUT2D eigenvalue weighted by Crippen LogP contribution is -2.54. The summed E-state index contributed by atoms with van der Waals surface area (Å²) in [6, 6.07) is 16.5. The maximum atomic E-state index is 13.4. The van der Waals surface area contributed by atoms with Crippen LogP contribution in [0.1, 0.15) is 144 Å². The summed E-state index contributed by atoms with van der Waals surface area (Å²) < 4.78 is 0. The molecule has 0 bridgehead atoms. The molecule has 0 saturated carbocycles. The molecule has 63 heavy (non-hydrogen) atoms. The minimum Gasteiger partial charge on any atom is -0.353 e. The summed E-state index contributed by atoms with van der Waals surface area (Å²) in [5.74, 6) is 0.199. The molecule has 3 aromatic rings. The van der Waals surface area contributed by atoms with Crippen LogP contribution in [0, 0.1) is 5.92 Å². The minimum atomic E-state index is -0.950. The number of nitrogens with zero attached hydrogens (tertiary/aromatic N) is 4. The molecule has 12 nitrogen and oxygen atoms in total. The number of thioether (sulfide) groups is 1. The van der Waals surface area contributed by atoms with Crippen molar-refractivity contribution in [2.45, 2.75) is 113 Å². The van der Waals surface area contributed by atoms with Crippen LogP contribution >= 0.6 is 11.8 Å². The number of unbranched alkanes of at least 4 members (excludes halogenated alkanes) is 6. The quantitative estimate of drug-likeness (QED) is 0.0506. The highest BCUT2D eigenvalue weighted by Crippen LogP contribution is 2.35. The van der Waals surface area contributed by atoms with Crippen molar-refractivity contribution in [1.82, 2.24) is 30.3 Å². The number of hydrogen-bond acceptors (Lipinski definition) is 9. The number of benzene rings is 2. The Kier molecular flexibility index (Phi) is 16.7. The van der Waals surface area contributed by atoms with Crippen molar-refractivity contribution < 1.29 is 28.8 Å². The van der Waals surface area contributed by atoms with Crippen LogP contribution < -0.4 is 10.6 Å². The highest BCUT2D eigenvalue weighted by molar-refractivity contribution is 7.99. The number of amides is 6. The number of hydrogen-bond donors (Lipinski definition) is 2. The lowest BCUT2D eigenvalue weighted by molar-refractivity contribution is -0.136. The fourth-order valence-corrected chi connectivity index (χ4v) is 10.5. The number of imide groups is 2. The summed E-state index contributed by atoms with van der Waals surface area (Å²) in [6.45, 7) is 5.64. The van der Waals surface area contributed by atoms with Gasteiger partial charge in [0.05, 0.1) is 11.1 Å². The monoisotopic (exact) mass is 874 g/mol. The molecule has 0 spiro atoms. The van der Waals surface area contributed by atoms with Crippen LogP contribution in [0.4, 0.5) is 0 Å². The lowest BCUT2D eigenvalue weighted by atomic mass is 9.88. The molecular formula is C50H62N6O6S. The van der Waals surface area contributed by atoms with E-state index < -0.39 is 23.8 Å². The zero-order valence-electron chi connectivity index (χ0n) is 36.4. The van der Waals surface area contributed by atoms with Gasteiger partial charge in [-0.25, -0.2) is 0 Å². The summed E-state index contributed by atoms with van der Waals surface area (Å²) in [5.41, 5.74) is 3.75. The Balaban J connectivity index is 0.708. The summed E-state index contributed by atoms with van der Waals surface area (Å²) in [4.78, 5) is 86.4. The van der Waals surface area contributed by atoms with Crippen molar-refractivity contribution >= 4 is 53.3 Å². The van der Waals surface area contributed by atoms with Gasteiger partial charge in [0, 0.05) is 55.0 Å². The summed E-state index contributed by atoms with van der Waals surface area (Å²) in [7, 11) is 0. The Bertz CT molecular complexity index is 2100. The Labute approximate surface area is 376 Å². The topological polar surface area (TPSA) is 149 Å². The first kappa shape index (κ1) is 45.9. The van der Waals surface area contributed by atoms with E-state index in [-0.39, 0.29) is 30.6 Å². The van der Waals surface area contributed by atoms with Crippen LogP contribution in [-0.4, -0.2) is 106 Å². The van der Waals surface area contributed by atoms with E-state index in [2.05, 4.69) is 32.7 Å². The molecule has 3 fully saturated rings. The summed E-state index contributed by atoms with van der Waals surface area (Å²) >= 11 is 1.59. The van der Waals surface area contributed by atoms with E-state index in [1.165, 1.54) is 31.2 Å². The molecule has 2 aromatic carbocycles. The zero-order chi connectivity index (χ0) is 44.0. The Hall–Kier alpha value is -5.14. The van der Waals surface area contributed by atoms with Crippen LogP contribution in [-0.2, 0) is 14.4 Å². The number of fused-ring (bicyclic) bond motifs is 1. The van der Waals surface area contributed by atoms with Gasteiger partial charge in [-0.2, -0.15) is 0 Å². The number of aromatic nitrogens is 1. The molecule has 7 rings (SSSR count). The fourth-order valence-electron chi connectivity index (χ4n) is 9.40. The average molecular weight is 875 g/mol. The van der Waals surface area contributed by atoms with Crippen LogP contribution in [0.2, 0.25) is 0 Å². The van der Waals surface area contributed by atoms with Crippen molar-refractivity contribution in [3.63, 3.8) is 0 Å².